The first-order chi connectivity index (χ1) is 23.4. The fourth-order valence-electron chi connectivity index (χ4n) is 6.18. The standard InChI is InChI=1S/C40H41N3O5/c1-4-26-5-7-29(8-6-26)34-24-43(23-27-17-19-48-20-18-27)25-35(39(34)44)40(45)42-32-13-9-28(10-14-32)33-21-30(11-15-36(33)41)31-12-16-37(46-2)38(22-31)47-3/h5-16,21-22,24-25,27H,4,17-20,23,41H2,1-3H3,(H,42,45). The van der Waals surface area contributed by atoms with Gasteiger partial charge in [-0.1, -0.05) is 55.5 Å². The van der Waals surface area contributed by atoms with E-state index in [0.717, 1.165) is 60.3 Å². The molecule has 8 heteroatoms. The monoisotopic (exact) mass is 643 g/mol. The van der Waals surface area contributed by atoms with Crippen LogP contribution >= 0.6 is 0 Å². The number of anilines is 2. The summed E-state index contributed by atoms with van der Waals surface area (Å²) in [4.78, 5) is 27.5. The van der Waals surface area contributed by atoms with E-state index in [1.807, 2.05) is 95.7 Å². The second-order valence-corrected chi connectivity index (χ2v) is 12.1. The number of nitrogens with two attached hydrogens (primary N) is 1. The van der Waals surface area contributed by atoms with Crippen LogP contribution in [0.1, 0.15) is 35.7 Å². The molecule has 8 nitrogen and oxygen atoms in total. The second-order valence-electron chi connectivity index (χ2n) is 12.1. The van der Waals surface area contributed by atoms with E-state index in [1.54, 1.807) is 20.4 Å². The van der Waals surface area contributed by atoms with Crippen LogP contribution in [-0.2, 0) is 17.7 Å². The van der Waals surface area contributed by atoms with E-state index in [4.69, 9.17) is 19.9 Å². The molecule has 1 saturated heterocycles. The highest BCUT2D eigenvalue weighted by Crippen LogP contribution is 2.36. The number of carbonyl (C=O) groups is 1. The number of amides is 1. The van der Waals surface area contributed by atoms with Gasteiger partial charge in [0.25, 0.3) is 5.91 Å². The first-order valence-corrected chi connectivity index (χ1v) is 16.3. The Balaban J connectivity index is 1.26. The highest BCUT2D eigenvalue weighted by Gasteiger charge is 2.20. The molecule has 0 atom stereocenters. The topological polar surface area (TPSA) is 105 Å². The maximum Gasteiger partial charge on any atom is 0.261 e. The average molecular weight is 644 g/mol. The summed E-state index contributed by atoms with van der Waals surface area (Å²) in [6, 6.07) is 27.1. The number of aromatic nitrogens is 1. The molecule has 0 saturated carbocycles. The molecule has 6 rings (SSSR count). The van der Waals surface area contributed by atoms with Gasteiger partial charge in [0, 0.05) is 54.7 Å². The van der Waals surface area contributed by atoms with E-state index in [1.165, 1.54) is 5.56 Å². The Kier molecular flexibility index (Phi) is 9.92. The van der Waals surface area contributed by atoms with Crippen molar-refractivity contribution in [2.45, 2.75) is 32.7 Å². The predicted octanol–water partition coefficient (Wildman–Crippen LogP) is 7.69. The van der Waals surface area contributed by atoms with E-state index in [2.05, 4.69) is 12.2 Å². The molecule has 4 aromatic carbocycles. The molecule has 1 aromatic heterocycles. The first-order valence-electron chi connectivity index (χ1n) is 16.3. The number of hydrogen-bond acceptors (Lipinski definition) is 6. The average Bonchev–Trinajstić information content (AvgIpc) is 3.13. The summed E-state index contributed by atoms with van der Waals surface area (Å²) in [5.74, 6) is 1.27. The summed E-state index contributed by atoms with van der Waals surface area (Å²) in [7, 11) is 3.22. The molecular weight excluding hydrogens is 602 g/mol. The molecule has 0 aliphatic carbocycles. The third kappa shape index (κ3) is 7.14. The van der Waals surface area contributed by atoms with Crippen LogP contribution in [-0.4, -0.2) is 37.9 Å². The number of carbonyl (C=O) groups excluding carboxylic acids is 1. The lowest BCUT2D eigenvalue weighted by molar-refractivity contribution is 0.0612. The summed E-state index contributed by atoms with van der Waals surface area (Å²) in [6.07, 6.45) is 6.37. The molecule has 1 amide bonds. The molecule has 0 bridgehead atoms. The highest BCUT2D eigenvalue weighted by atomic mass is 16.5. The molecule has 0 radical (unpaired) electrons. The molecule has 1 fully saturated rings. The van der Waals surface area contributed by atoms with Crippen molar-refractivity contribution >= 4 is 17.3 Å². The minimum atomic E-state index is -0.449. The van der Waals surface area contributed by atoms with Gasteiger partial charge in [-0.05, 0) is 89.4 Å². The number of pyridine rings is 1. The van der Waals surface area contributed by atoms with Gasteiger partial charge in [0.2, 0.25) is 5.43 Å². The molecule has 246 valence electrons. The van der Waals surface area contributed by atoms with Crippen LogP contribution < -0.4 is 26.0 Å². The molecule has 5 aromatic rings. The van der Waals surface area contributed by atoms with E-state index < -0.39 is 5.91 Å². The van der Waals surface area contributed by atoms with Crippen molar-refractivity contribution in [3.63, 3.8) is 0 Å². The normalized spacial score (nSPS) is 13.2. The Morgan fingerprint density at radius 2 is 1.44 bits per heavy atom. The van der Waals surface area contributed by atoms with E-state index in [-0.39, 0.29) is 11.0 Å². The number of nitrogen functional groups attached to an aromatic ring is 1. The van der Waals surface area contributed by atoms with Crippen molar-refractivity contribution in [2.75, 3.05) is 38.5 Å². The molecule has 1 aliphatic heterocycles. The number of hydrogen-bond donors (Lipinski definition) is 2. The Bertz CT molecular complexity index is 1960. The fourth-order valence-corrected chi connectivity index (χ4v) is 6.18. The highest BCUT2D eigenvalue weighted by molar-refractivity contribution is 6.04. The van der Waals surface area contributed by atoms with Gasteiger partial charge in [0.1, 0.15) is 5.56 Å². The van der Waals surface area contributed by atoms with Crippen molar-refractivity contribution in [2.24, 2.45) is 5.92 Å². The maximum absolute atomic E-state index is 13.8. The lowest BCUT2D eigenvalue weighted by atomic mass is 9.97. The summed E-state index contributed by atoms with van der Waals surface area (Å²) in [6.45, 7) is 4.26. The summed E-state index contributed by atoms with van der Waals surface area (Å²) < 4.78 is 18.4. The van der Waals surface area contributed by atoms with E-state index >= 15 is 0 Å². The van der Waals surface area contributed by atoms with Crippen molar-refractivity contribution in [3.8, 4) is 44.9 Å². The van der Waals surface area contributed by atoms with Gasteiger partial charge in [0.05, 0.1) is 14.2 Å². The third-order valence-electron chi connectivity index (χ3n) is 9.03. The largest absolute Gasteiger partial charge is 0.493 e. The van der Waals surface area contributed by atoms with Crippen molar-refractivity contribution in [3.05, 3.63) is 119 Å². The number of nitrogens with zero attached hydrogens (tertiary/aromatic N) is 1. The predicted molar refractivity (Wildman–Crippen MR) is 192 cm³/mol. The molecular formula is C40H41N3O5. The number of benzene rings is 4. The van der Waals surface area contributed by atoms with Gasteiger partial charge in [-0.2, -0.15) is 0 Å². The van der Waals surface area contributed by atoms with Crippen LogP contribution in [0, 0.1) is 5.92 Å². The first kappa shape index (κ1) is 32.6. The number of aryl methyl sites for hydroxylation is 1. The zero-order valence-corrected chi connectivity index (χ0v) is 27.6. The second kappa shape index (κ2) is 14.6. The number of ether oxygens (including phenoxy) is 3. The van der Waals surface area contributed by atoms with Gasteiger partial charge in [-0.15, -0.1) is 0 Å². The summed E-state index contributed by atoms with van der Waals surface area (Å²) >= 11 is 0. The molecule has 2 heterocycles. The Morgan fingerprint density at radius 3 is 2.12 bits per heavy atom. The van der Waals surface area contributed by atoms with Gasteiger partial charge in [0.15, 0.2) is 11.5 Å². The Morgan fingerprint density at radius 1 is 0.812 bits per heavy atom. The van der Waals surface area contributed by atoms with Crippen LogP contribution in [0.3, 0.4) is 0 Å². The molecule has 3 N–H and O–H groups in total. The number of rotatable bonds is 10. The van der Waals surface area contributed by atoms with E-state index in [9.17, 15) is 9.59 Å². The minimum Gasteiger partial charge on any atom is -0.493 e. The van der Waals surface area contributed by atoms with Crippen molar-refractivity contribution in [1.29, 1.82) is 0 Å². The third-order valence-corrected chi connectivity index (χ3v) is 9.03. The van der Waals surface area contributed by atoms with E-state index in [0.29, 0.717) is 40.9 Å². The Labute approximate surface area is 281 Å². The SMILES string of the molecule is CCc1ccc(-c2cn(CC3CCOCC3)cc(C(=O)Nc3ccc(-c4cc(-c5ccc(OC)c(OC)c5)ccc4N)cc3)c2=O)cc1. The van der Waals surface area contributed by atoms with Gasteiger partial charge in [-0.25, -0.2) is 0 Å². The minimum absolute atomic E-state index is 0.107. The van der Waals surface area contributed by atoms with Crippen LogP contribution in [0.15, 0.2) is 102 Å². The lowest BCUT2D eigenvalue weighted by Crippen LogP contribution is -2.26. The zero-order chi connectivity index (χ0) is 33.6. The van der Waals surface area contributed by atoms with Crippen molar-refractivity contribution < 1.29 is 19.0 Å². The van der Waals surface area contributed by atoms with Gasteiger partial charge < -0.3 is 29.8 Å². The van der Waals surface area contributed by atoms with Gasteiger partial charge >= 0.3 is 0 Å². The van der Waals surface area contributed by atoms with Gasteiger partial charge in [-0.3, -0.25) is 9.59 Å². The van der Waals surface area contributed by atoms with Crippen molar-refractivity contribution in [1.82, 2.24) is 4.57 Å². The molecule has 48 heavy (non-hydrogen) atoms. The maximum atomic E-state index is 13.8. The smallest absolute Gasteiger partial charge is 0.261 e. The quantitative estimate of drug-likeness (QED) is 0.151. The summed E-state index contributed by atoms with van der Waals surface area (Å²) in [5, 5.41) is 2.95. The summed E-state index contributed by atoms with van der Waals surface area (Å²) in [5.41, 5.74) is 13.6. The molecule has 1 aliphatic rings. The van der Waals surface area contributed by atoms with Crippen LogP contribution in [0.2, 0.25) is 0 Å². The number of nitrogens with one attached hydrogen (secondary N) is 1. The van der Waals surface area contributed by atoms with Crippen LogP contribution in [0.4, 0.5) is 11.4 Å². The fraction of sp³-hybridized carbons (Fsp3) is 0.250. The van der Waals surface area contributed by atoms with Crippen LogP contribution in [0.25, 0.3) is 33.4 Å². The Hall–Kier alpha value is -5.34. The van der Waals surface area contributed by atoms with Crippen LogP contribution in [0.5, 0.6) is 11.5 Å². The lowest BCUT2D eigenvalue weighted by Gasteiger charge is -2.23. The molecule has 0 unspecified atom stereocenters. The zero-order valence-electron chi connectivity index (χ0n) is 27.6. The number of methoxy groups -OCH3 is 2. The molecule has 0 spiro atoms.